The van der Waals surface area contributed by atoms with Gasteiger partial charge in [-0.15, -0.1) is 0 Å². The van der Waals surface area contributed by atoms with Crippen molar-refractivity contribution in [3.63, 3.8) is 0 Å². The van der Waals surface area contributed by atoms with Gasteiger partial charge in [-0.3, -0.25) is 13.9 Å². The summed E-state index contributed by atoms with van der Waals surface area (Å²) in [6.07, 6.45) is 1.08. The second kappa shape index (κ2) is 10.6. The third-order valence-electron chi connectivity index (χ3n) is 5.52. The molecule has 0 heterocycles. The number of amides is 2. The van der Waals surface area contributed by atoms with Crippen LogP contribution in [0, 0.1) is 20.8 Å². The molecular formula is C24H33N3O4S. The van der Waals surface area contributed by atoms with E-state index in [-0.39, 0.29) is 12.5 Å². The van der Waals surface area contributed by atoms with Crippen LogP contribution in [0.5, 0.6) is 0 Å². The van der Waals surface area contributed by atoms with Gasteiger partial charge in [0.05, 0.1) is 11.9 Å². The summed E-state index contributed by atoms with van der Waals surface area (Å²) in [5, 5.41) is 2.74. The highest BCUT2D eigenvalue weighted by molar-refractivity contribution is 7.92. The van der Waals surface area contributed by atoms with Crippen LogP contribution in [0.15, 0.2) is 42.5 Å². The molecule has 7 nitrogen and oxygen atoms in total. The van der Waals surface area contributed by atoms with Crippen LogP contribution in [0.3, 0.4) is 0 Å². The second-order valence-corrected chi connectivity index (χ2v) is 9.97. The first-order chi connectivity index (χ1) is 15.0. The summed E-state index contributed by atoms with van der Waals surface area (Å²) >= 11 is 0. The molecule has 32 heavy (non-hydrogen) atoms. The van der Waals surface area contributed by atoms with Gasteiger partial charge in [-0.2, -0.15) is 0 Å². The Kier molecular flexibility index (Phi) is 8.44. The van der Waals surface area contributed by atoms with Crippen molar-refractivity contribution in [2.45, 2.75) is 47.2 Å². The van der Waals surface area contributed by atoms with E-state index in [1.807, 2.05) is 58.0 Å². The largest absolute Gasteiger partial charge is 0.355 e. The van der Waals surface area contributed by atoms with Gasteiger partial charge in [0.2, 0.25) is 21.8 Å². The van der Waals surface area contributed by atoms with Gasteiger partial charge in [-0.1, -0.05) is 42.0 Å². The van der Waals surface area contributed by atoms with Crippen molar-refractivity contribution in [3.8, 4) is 0 Å². The molecule has 0 radical (unpaired) electrons. The van der Waals surface area contributed by atoms with Crippen molar-refractivity contribution in [3.05, 3.63) is 64.7 Å². The van der Waals surface area contributed by atoms with E-state index in [1.165, 1.54) is 4.90 Å². The number of nitrogens with zero attached hydrogens (tertiary/aromatic N) is 2. The van der Waals surface area contributed by atoms with E-state index in [1.54, 1.807) is 19.1 Å². The van der Waals surface area contributed by atoms with Crippen molar-refractivity contribution in [2.24, 2.45) is 0 Å². The van der Waals surface area contributed by atoms with Crippen LogP contribution in [0.25, 0.3) is 0 Å². The lowest BCUT2D eigenvalue weighted by Gasteiger charge is -2.32. The standard InChI is InChI=1S/C24H33N3O4S/c1-7-25-24(29)20(5)26(15-21-13-11-17(2)12-14-21)23(28)16-27(32(6,30)31)22-10-8-9-18(3)19(22)4/h8-14,20H,7,15-16H2,1-6H3,(H,25,29). The van der Waals surface area contributed by atoms with Gasteiger partial charge in [0.15, 0.2) is 0 Å². The zero-order valence-electron chi connectivity index (χ0n) is 19.7. The maximum atomic E-state index is 13.4. The smallest absolute Gasteiger partial charge is 0.244 e. The van der Waals surface area contributed by atoms with E-state index >= 15 is 0 Å². The molecule has 0 aromatic heterocycles. The summed E-state index contributed by atoms with van der Waals surface area (Å²) in [4.78, 5) is 27.4. The first-order valence-corrected chi connectivity index (χ1v) is 12.5. The van der Waals surface area contributed by atoms with Crippen molar-refractivity contribution < 1.29 is 18.0 Å². The van der Waals surface area contributed by atoms with Crippen LogP contribution >= 0.6 is 0 Å². The molecule has 1 atom stereocenters. The van der Waals surface area contributed by atoms with Gasteiger partial charge in [-0.25, -0.2) is 8.42 Å². The second-order valence-electron chi connectivity index (χ2n) is 8.07. The summed E-state index contributed by atoms with van der Waals surface area (Å²) < 4.78 is 26.4. The molecule has 0 saturated carbocycles. The fourth-order valence-electron chi connectivity index (χ4n) is 3.40. The maximum Gasteiger partial charge on any atom is 0.244 e. The van der Waals surface area contributed by atoms with Gasteiger partial charge < -0.3 is 10.2 Å². The van der Waals surface area contributed by atoms with Crippen LogP contribution in [0.2, 0.25) is 0 Å². The number of carbonyl (C=O) groups is 2. The molecule has 0 aliphatic carbocycles. The summed E-state index contributed by atoms with van der Waals surface area (Å²) in [6, 6.07) is 12.3. The number of sulfonamides is 1. The molecule has 0 fully saturated rings. The maximum absolute atomic E-state index is 13.4. The number of hydrogen-bond donors (Lipinski definition) is 1. The Morgan fingerprint density at radius 1 is 1.03 bits per heavy atom. The molecule has 1 N–H and O–H groups in total. The highest BCUT2D eigenvalue weighted by atomic mass is 32.2. The molecular weight excluding hydrogens is 426 g/mol. The monoisotopic (exact) mass is 459 g/mol. The van der Waals surface area contributed by atoms with Crippen LogP contribution in [-0.2, 0) is 26.2 Å². The van der Waals surface area contributed by atoms with Gasteiger partial charge >= 0.3 is 0 Å². The topological polar surface area (TPSA) is 86.8 Å². The number of rotatable bonds is 9. The number of likely N-dealkylation sites (N-methyl/N-ethyl adjacent to an activating group) is 1. The lowest BCUT2D eigenvalue weighted by molar-refractivity contribution is -0.139. The van der Waals surface area contributed by atoms with Gasteiger partial charge in [0, 0.05) is 13.1 Å². The Hall–Kier alpha value is -2.87. The quantitative estimate of drug-likeness (QED) is 0.625. The number of anilines is 1. The average molecular weight is 460 g/mol. The van der Waals surface area contributed by atoms with Gasteiger partial charge in [0.1, 0.15) is 12.6 Å². The molecule has 0 aliphatic heterocycles. The molecule has 0 bridgehead atoms. The normalized spacial score (nSPS) is 12.2. The molecule has 0 saturated heterocycles. The van der Waals surface area contributed by atoms with Crippen LogP contribution < -0.4 is 9.62 Å². The highest BCUT2D eigenvalue weighted by Crippen LogP contribution is 2.25. The number of aryl methyl sites for hydroxylation is 2. The Morgan fingerprint density at radius 3 is 2.22 bits per heavy atom. The third kappa shape index (κ3) is 6.32. The molecule has 2 amide bonds. The number of carbonyl (C=O) groups excluding carboxylic acids is 2. The summed E-state index contributed by atoms with van der Waals surface area (Å²) in [5.41, 5.74) is 4.12. The van der Waals surface area contributed by atoms with Gasteiger partial charge in [0.25, 0.3) is 0 Å². The first kappa shape index (κ1) is 25.4. The predicted octanol–water partition coefficient (Wildman–Crippen LogP) is 2.93. The fraction of sp³-hybridized carbons (Fsp3) is 0.417. The van der Waals surface area contributed by atoms with E-state index in [4.69, 9.17) is 0 Å². The van der Waals surface area contributed by atoms with Crippen LogP contribution in [0.1, 0.15) is 36.1 Å². The lowest BCUT2D eigenvalue weighted by atomic mass is 10.1. The van der Waals surface area contributed by atoms with E-state index in [9.17, 15) is 18.0 Å². The Bertz CT molecular complexity index is 1070. The molecule has 8 heteroatoms. The minimum Gasteiger partial charge on any atom is -0.355 e. The Labute approximate surface area is 191 Å². The SMILES string of the molecule is CCNC(=O)C(C)N(Cc1ccc(C)cc1)C(=O)CN(c1cccc(C)c1C)S(C)(=O)=O. The number of nitrogens with one attached hydrogen (secondary N) is 1. The number of hydrogen-bond acceptors (Lipinski definition) is 4. The summed E-state index contributed by atoms with van der Waals surface area (Å²) in [5.74, 6) is -0.735. The first-order valence-electron chi connectivity index (χ1n) is 10.6. The third-order valence-corrected chi connectivity index (χ3v) is 6.64. The van der Waals surface area contributed by atoms with Gasteiger partial charge in [-0.05, 0) is 57.4 Å². The average Bonchev–Trinajstić information content (AvgIpc) is 2.72. The van der Waals surface area contributed by atoms with E-state index in [0.717, 1.165) is 32.8 Å². The van der Waals surface area contributed by atoms with E-state index in [2.05, 4.69) is 5.32 Å². The van der Waals surface area contributed by atoms with Crippen LogP contribution in [0.4, 0.5) is 5.69 Å². The predicted molar refractivity (Wildman–Crippen MR) is 128 cm³/mol. The Balaban J connectivity index is 2.42. The minimum atomic E-state index is -3.74. The lowest BCUT2D eigenvalue weighted by Crippen LogP contribution is -2.51. The zero-order chi connectivity index (χ0) is 24.1. The molecule has 2 aromatic rings. The van der Waals surface area contributed by atoms with E-state index < -0.39 is 28.5 Å². The molecule has 0 aliphatic rings. The fourth-order valence-corrected chi connectivity index (χ4v) is 4.30. The molecule has 0 spiro atoms. The molecule has 2 aromatic carbocycles. The Morgan fingerprint density at radius 2 is 1.66 bits per heavy atom. The number of benzene rings is 2. The zero-order valence-corrected chi connectivity index (χ0v) is 20.5. The molecule has 1 unspecified atom stereocenters. The summed E-state index contributed by atoms with van der Waals surface area (Å²) in [6.45, 7) is 9.39. The van der Waals surface area contributed by atoms with Crippen molar-refractivity contribution in [2.75, 3.05) is 23.7 Å². The van der Waals surface area contributed by atoms with E-state index in [0.29, 0.717) is 12.2 Å². The summed E-state index contributed by atoms with van der Waals surface area (Å²) in [7, 11) is -3.74. The van der Waals surface area contributed by atoms with Crippen molar-refractivity contribution in [1.82, 2.24) is 10.2 Å². The minimum absolute atomic E-state index is 0.196. The highest BCUT2D eigenvalue weighted by Gasteiger charge is 2.30. The van der Waals surface area contributed by atoms with Crippen molar-refractivity contribution in [1.29, 1.82) is 0 Å². The van der Waals surface area contributed by atoms with Crippen LogP contribution in [-0.4, -0.2) is 50.5 Å². The molecule has 2 rings (SSSR count). The van der Waals surface area contributed by atoms with Crippen molar-refractivity contribution >= 4 is 27.5 Å². The molecule has 174 valence electrons.